The van der Waals surface area contributed by atoms with Crippen LogP contribution >= 0.6 is 0 Å². The Morgan fingerprint density at radius 3 is 2.96 bits per heavy atom. The zero-order valence-corrected chi connectivity index (χ0v) is 14.4. The van der Waals surface area contributed by atoms with Gasteiger partial charge in [0.1, 0.15) is 0 Å². The SMILES string of the molecule is CN(C)C1CCCN(C(=O)NCC2CC(=O)Nc3ccccc32)C1. The van der Waals surface area contributed by atoms with Crippen LogP contribution in [-0.4, -0.2) is 61.5 Å². The number of rotatable bonds is 3. The Balaban J connectivity index is 1.59. The highest BCUT2D eigenvalue weighted by Crippen LogP contribution is 2.31. The summed E-state index contributed by atoms with van der Waals surface area (Å²) in [5.74, 6) is 0.0481. The van der Waals surface area contributed by atoms with E-state index in [1.54, 1.807) is 0 Å². The zero-order valence-electron chi connectivity index (χ0n) is 14.4. The van der Waals surface area contributed by atoms with E-state index in [9.17, 15) is 9.59 Å². The number of urea groups is 1. The third-order valence-corrected chi connectivity index (χ3v) is 5.02. The normalized spacial score (nSPS) is 23.6. The first-order chi connectivity index (χ1) is 11.5. The minimum Gasteiger partial charge on any atom is -0.337 e. The second kappa shape index (κ2) is 7.21. The number of hydrogen-bond donors (Lipinski definition) is 2. The lowest BCUT2D eigenvalue weighted by molar-refractivity contribution is -0.116. The van der Waals surface area contributed by atoms with Gasteiger partial charge in [-0.2, -0.15) is 0 Å². The summed E-state index contributed by atoms with van der Waals surface area (Å²) in [5, 5.41) is 5.92. The van der Waals surface area contributed by atoms with Crippen molar-refractivity contribution in [1.82, 2.24) is 15.1 Å². The largest absolute Gasteiger partial charge is 0.337 e. The number of nitrogens with zero attached hydrogens (tertiary/aromatic N) is 2. The van der Waals surface area contributed by atoms with Gasteiger partial charge in [-0.1, -0.05) is 18.2 Å². The number of benzene rings is 1. The van der Waals surface area contributed by atoms with Gasteiger partial charge in [-0.05, 0) is 38.6 Å². The summed E-state index contributed by atoms with van der Waals surface area (Å²) in [5.41, 5.74) is 1.96. The van der Waals surface area contributed by atoms with Crippen LogP contribution in [0.25, 0.3) is 0 Å². The molecule has 3 rings (SSSR count). The average Bonchev–Trinajstić information content (AvgIpc) is 2.59. The molecule has 1 fully saturated rings. The molecule has 2 N–H and O–H groups in total. The molecule has 6 nitrogen and oxygen atoms in total. The van der Waals surface area contributed by atoms with Crippen molar-refractivity contribution in [2.24, 2.45) is 0 Å². The highest BCUT2D eigenvalue weighted by molar-refractivity contribution is 5.94. The van der Waals surface area contributed by atoms with Crippen molar-refractivity contribution in [3.63, 3.8) is 0 Å². The van der Waals surface area contributed by atoms with Crippen molar-refractivity contribution in [3.8, 4) is 0 Å². The first-order valence-electron chi connectivity index (χ1n) is 8.62. The number of amides is 3. The van der Waals surface area contributed by atoms with Crippen molar-refractivity contribution < 1.29 is 9.59 Å². The van der Waals surface area contributed by atoms with E-state index >= 15 is 0 Å². The predicted octanol–water partition coefficient (Wildman–Crippen LogP) is 1.85. The quantitative estimate of drug-likeness (QED) is 0.889. The molecule has 130 valence electrons. The molecule has 0 spiro atoms. The summed E-state index contributed by atoms with van der Waals surface area (Å²) in [4.78, 5) is 28.4. The monoisotopic (exact) mass is 330 g/mol. The summed E-state index contributed by atoms with van der Waals surface area (Å²) in [6.07, 6.45) is 2.58. The number of carbonyl (C=O) groups excluding carboxylic acids is 2. The second-order valence-corrected chi connectivity index (χ2v) is 6.93. The molecule has 2 aliphatic heterocycles. The van der Waals surface area contributed by atoms with Crippen molar-refractivity contribution in [3.05, 3.63) is 29.8 Å². The minimum atomic E-state index is -0.0231. The minimum absolute atomic E-state index is 0.0126. The Labute approximate surface area is 143 Å². The van der Waals surface area contributed by atoms with Crippen LogP contribution in [0, 0.1) is 0 Å². The lowest BCUT2D eigenvalue weighted by Crippen LogP contribution is -2.51. The molecule has 6 heteroatoms. The number of likely N-dealkylation sites (N-methyl/N-ethyl adjacent to an activating group) is 1. The van der Waals surface area contributed by atoms with E-state index in [2.05, 4.69) is 29.6 Å². The maximum Gasteiger partial charge on any atom is 0.317 e. The van der Waals surface area contributed by atoms with Gasteiger partial charge in [0.25, 0.3) is 0 Å². The van der Waals surface area contributed by atoms with Gasteiger partial charge in [0.2, 0.25) is 5.91 Å². The number of carbonyl (C=O) groups is 2. The van der Waals surface area contributed by atoms with Crippen molar-refractivity contribution >= 4 is 17.6 Å². The van der Waals surface area contributed by atoms with Gasteiger partial charge in [-0.25, -0.2) is 4.79 Å². The molecule has 0 saturated carbocycles. The summed E-state index contributed by atoms with van der Waals surface area (Å²) in [7, 11) is 4.12. The number of piperidine rings is 1. The van der Waals surface area contributed by atoms with E-state index in [0.29, 0.717) is 19.0 Å². The van der Waals surface area contributed by atoms with Crippen molar-refractivity contribution in [2.45, 2.75) is 31.2 Å². The van der Waals surface area contributed by atoms with Crippen LogP contribution < -0.4 is 10.6 Å². The molecule has 0 radical (unpaired) electrons. The molecule has 0 bridgehead atoms. The standard InChI is InChI=1S/C18H26N4O2/c1-21(2)14-6-5-9-22(12-14)18(24)19-11-13-10-17(23)20-16-8-4-3-7-15(13)16/h3-4,7-8,13-14H,5-6,9-12H2,1-2H3,(H,19,24)(H,20,23). The third kappa shape index (κ3) is 3.70. The second-order valence-electron chi connectivity index (χ2n) is 6.93. The molecule has 1 aromatic rings. The number of anilines is 1. The Morgan fingerprint density at radius 2 is 2.17 bits per heavy atom. The molecule has 2 aliphatic rings. The lowest BCUT2D eigenvalue weighted by atomic mass is 9.90. The molecule has 2 unspecified atom stereocenters. The van der Waals surface area contributed by atoms with Crippen LogP contribution in [0.2, 0.25) is 0 Å². The van der Waals surface area contributed by atoms with Crippen LogP contribution in [-0.2, 0) is 4.79 Å². The van der Waals surface area contributed by atoms with E-state index in [1.807, 2.05) is 29.2 Å². The maximum atomic E-state index is 12.5. The summed E-state index contributed by atoms with van der Waals surface area (Å²) < 4.78 is 0. The predicted molar refractivity (Wildman–Crippen MR) is 94.1 cm³/mol. The molecular weight excluding hydrogens is 304 g/mol. The van der Waals surface area contributed by atoms with Gasteiger partial charge in [0.15, 0.2) is 0 Å². The Morgan fingerprint density at radius 1 is 1.38 bits per heavy atom. The van der Waals surface area contributed by atoms with Crippen molar-refractivity contribution in [2.75, 3.05) is 39.0 Å². The molecule has 1 saturated heterocycles. The summed E-state index contributed by atoms with van der Waals surface area (Å²) in [6.45, 7) is 2.06. The topological polar surface area (TPSA) is 64.7 Å². The molecular formula is C18H26N4O2. The van der Waals surface area contributed by atoms with Gasteiger partial charge < -0.3 is 20.4 Å². The fourth-order valence-electron chi connectivity index (χ4n) is 3.57. The van der Waals surface area contributed by atoms with Crippen LogP contribution in [0.15, 0.2) is 24.3 Å². The fourth-order valence-corrected chi connectivity index (χ4v) is 3.57. The fraction of sp³-hybridized carbons (Fsp3) is 0.556. The van der Waals surface area contributed by atoms with Crippen LogP contribution in [0.4, 0.5) is 10.5 Å². The summed E-state index contributed by atoms with van der Waals surface area (Å²) >= 11 is 0. The third-order valence-electron chi connectivity index (χ3n) is 5.02. The van der Waals surface area contributed by atoms with Crippen molar-refractivity contribution in [1.29, 1.82) is 0 Å². The van der Waals surface area contributed by atoms with Gasteiger partial charge in [-0.15, -0.1) is 0 Å². The van der Waals surface area contributed by atoms with Gasteiger partial charge >= 0.3 is 6.03 Å². The number of hydrogen-bond acceptors (Lipinski definition) is 3. The van der Waals surface area contributed by atoms with Gasteiger partial charge in [0, 0.05) is 43.7 Å². The number of nitrogens with one attached hydrogen (secondary N) is 2. The van der Waals surface area contributed by atoms with Crippen LogP contribution in [0.5, 0.6) is 0 Å². The maximum absolute atomic E-state index is 12.5. The molecule has 0 aromatic heterocycles. The molecule has 24 heavy (non-hydrogen) atoms. The number of para-hydroxylation sites is 1. The highest BCUT2D eigenvalue weighted by Gasteiger charge is 2.28. The highest BCUT2D eigenvalue weighted by atomic mass is 16.2. The first kappa shape index (κ1) is 16.8. The molecule has 2 atom stereocenters. The Hall–Kier alpha value is -2.08. The summed E-state index contributed by atoms with van der Waals surface area (Å²) in [6, 6.07) is 8.21. The van der Waals surface area contributed by atoms with E-state index < -0.39 is 0 Å². The van der Waals surface area contributed by atoms with E-state index in [1.165, 1.54) is 0 Å². The Bertz CT molecular complexity index is 617. The van der Waals surface area contributed by atoms with Gasteiger partial charge in [0.05, 0.1) is 0 Å². The van der Waals surface area contributed by atoms with Gasteiger partial charge in [-0.3, -0.25) is 4.79 Å². The molecule has 1 aromatic carbocycles. The number of fused-ring (bicyclic) bond motifs is 1. The molecule has 0 aliphatic carbocycles. The Kier molecular flexibility index (Phi) is 5.04. The molecule has 3 amide bonds. The molecule has 2 heterocycles. The first-order valence-corrected chi connectivity index (χ1v) is 8.62. The number of likely N-dealkylation sites (tertiary alicyclic amines) is 1. The van der Waals surface area contributed by atoms with Crippen LogP contribution in [0.1, 0.15) is 30.7 Å². The van der Waals surface area contributed by atoms with Crippen LogP contribution in [0.3, 0.4) is 0 Å². The smallest absolute Gasteiger partial charge is 0.317 e. The lowest BCUT2D eigenvalue weighted by Gasteiger charge is -2.36. The zero-order chi connectivity index (χ0) is 17.1. The van der Waals surface area contributed by atoms with E-state index in [0.717, 1.165) is 37.2 Å². The average molecular weight is 330 g/mol. The van der Waals surface area contributed by atoms with E-state index in [-0.39, 0.29) is 17.9 Å². The van der Waals surface area contributed by atoms with E-state index in [4.69, 9.17) is 0 Å².